The summed E-state index contributed by atoms with van der Waals surface area (Å²) in [5, 5.41) is 7.79. The molecule has 11 heteroatoms. The first-order valence-electron chi connectivity index (χ1n) is 12.0. The number of rotatable bonds is 7. The van der Waals surface area contributed by atoms with Gasteiger partial charge in [-0.2, -0.15) is 4.99 Å². The molecule has 4 N–H and O–H groups in total. The molecule has 0 bridgehead atoms. The molecule has 3 unspecified atom stereocenters. The van der Waals surface area contributed by atoms with Gasteiger partial charge in [-0.3, -0.25) is 9.78 Å². The highest BCUT2D eigenvalue weighted by atomic mass is 127. The number of amidine groups is 1. The normalized spacial score (nSPS) is 18.4. The van der Waals surface area contributed by atoms with Crippen molar-refractivity contribution in [2.45, 2.75) is 25.9 Å². The summed E-state index contributed by atoms with van der Waals surface area (Å²) >= 11 is 14.7. The Bertz CT molecular complexity index is 1340. The number of aromatic nitrogens is 1. The summed E-state index contributed by atoms with van der Waals surface area (Å²) in [5.41, 5.74) is 10.9. The number of pyridine rings is 1. The first kappa shape index (κ1) is 28.8. The zero-order valence-electron chi connectivity index (χ0n) is 20.9. The van der Waals surface area contributed by atoms with Gasteiger partial charge in [-0.1, -0.05) is 41.4 Å². The largest absolute Gasteiger partial charge is 0.383 e. The summed E-state index contributed by atoms with van der Waals surface area (Å²) in [7, 11) is 0. The number of benzene rings is 2. The number of carbonyl (C=O) groups is 1. The Labute approximate surface area is 247 Å². The van der Waals surface area contributed by atoms with Crippen molar-refractivity contribution >= 4 is 86.9 Å². The van der Waals surface area contributed by atoms with Crippen molar-refractivity contribution in [3.8, 4) is 0 Å². The SMILES string of the molecule is CC1CN(c2ccc(C(=O)N=C(N)c3ccc(/C=C/c4c(Cl)cncc4Cl)cc3NPI)cc2)CC(C)N1. The number of carbonyl (C=O) groups excluding carboxylic acids is 1. The summed E-state index contributed by atoms with van der Waals surface area (Å²) in [6.07, 6.45) is 7.24. The van der Waals surface area contributed by atoms with Gasteiger partial charge in [0.2, 0.25) is 0 Å². The molecular weight excluding hydrogens is 653 g/mol. The van der Waals surface area contributed by atoms with Crippen LogP contribution >= 0.6 is 51.6 Å². The number of hydrogen-bond acceptors (Lipinski definition) is 5. The lowest BCUT2D eigenvalue weighted by molar-refractivity contribution is 0.100. The van der Waals surface area contributed by atoms with E-state index in [1.807, 2.05) is 42.5 Å². The highest BCUT2D eigenvalue weighted by Gasteiger charge is 2.21. The molecule has 1 aliphatic rings. The fraction of sp³-hybridized carbons (Fsp3) is 0.222. The van der Waals surface area contributed by atoms with E-state index in [2.05, 4.69) is 61.2 Å². The van der Waals surface area contributed by atoms with E-state index in [0.29, 0.717) is 45.2 Å². The van der Waals surface area contributed by atoms with Crippen molar-refractivity contribution in [3.63, 3.8) is 0 Å². The van der Waals surface area contributed by atoms with E-state index in [1.54, 1.807) is 24.5 Å². The highest BCUT2D eigenvalue weighted by Crippen LogP contribution is 2.30. The molecule has 4 rings (SSSR count). The third-order valence-electron chi connectivity index (χ3n) is 6.09. The monoisotopic (exact) mass is 680 g/mol. The van der Waals surface area contributed by atoms with Gasteiger partial charge < -0.3 is 21.0 Å². The van der Waals surface area contributed by atoms with Gasteiger partial charge in [0.15, 0.2) is 0 Å². The Kier molecular flexibility index (Phi) is 10.0. The van der Waals surface area contributed by atoms with Crippen LogP contribution in [0.5, 0.6) is 0 Å². The van der Waals surface area contributed by atoms with Crippen molar-refractivity contribution in [2.75, 3.05) is 23.1 Å². The molecule has 0 radical (unpaired) electrons. The zero-order chi connectivity index (χ0) is 27.2. The van der Waals surface area contributed by atoms with E-state index in [9.17, 15) is 4.79 Å². The average Bonchev–Trinajstić information content (AvgIpc) is 2.88. The number of anilines is 2. The number of piperazine rings is 1. The lowest BCUT2D eigenvalue weighted by Crippen LogP contribution is -2.54. The van der Waals surface area contributed by atoms with E-state index in [-0.39, 0.29) is 11.7 Å². The Hall–Kier alpha value is -2.23. The molecule has 2 heterocycles. The number of nitrogens with zero attached hydrogens (tertiary/aromatic N) is 3. The molecule has 2 aromatic carbocycles. The number of nitrogens with two attached hydrogens (primary N) is 1. The molecule has 1 aromatic heterocycles. The van der Waals surface area contributed by atoms with Crippen LogP contribution in [0.4, 0.5) is 11.4 Å². The van der Waals surface area contributed by atoms with Crippen LogP contribution in [0, 0.1) is 0 Å². The van der Waals surface area contributed by atoms with Crippen LogP contribution in [0.3, 0.4) is 0 Å². The Balaban J connectivity index is 1.52. The van der Waals surface area contributed by atoms with E-state index in [1.165, 1.54) is 0 Å². The second-order valence-electron chi connectivity index (χ2n) is 9.10. The second kappa shape index (κ2) is 13.2. The topological polar surface area (TPSA) is 95.6 Å². The summed E-state index contributed by atoms with van der Waals surface area (Å²) in [6.45, 7) is 6.19. The quantitative estimate of drug-likeness (QED) is 0.112. The predicted octanol–water partition coefficient (Wildman–Crippen LogP) is 6.65. The average molecular weight is 681 g/mol. The molecular formula is C27H28Cl2IN6OP. The molecule has 1 fully saturated rings. The van der Waals surface area contributed by atoms with E-state index in [0.717, 1.165) is 30.0 Å². The lowest BCUT2D eigenvalue weighted by Gasteiger charge is -2.37. The summed E-state index contributed by atoms with van der Waals surface area (Å²) in [5.74, 6) is -0.235. The lowest BCUT2D eigenvalue weighted by atomic mass is 10.1. The fourth-order valence-electron chi connectivity index (χ4n) is 4.39. The third kappa shape index (κ3) is 7.24. The Morgan fingerprint density at radius 3 is 2.42 bits per heavy atom. The van der Waals surface area contributed by atoms with Crippen molar-refractivity contribution in [1.29, 1.82) is 0 Å². The van der Waals surface area contributed by atoms with Gasteiger partial charge in [0, 0.05) is 72.0 Å². The maximum atomic E-state index is 12.9. The van der Waals surface area contributed by atoms with Crippen LogP contribution in [0.2, 0.25) is 10.0 Å². The molecule has 3 atom stereocenters. The number of amides is 1. The van der Waals surface area contributed by atoms with Crippen LogP contribution in [-0.4, -0.2) is 41.9 Å². The molecule has 38 heavy (non-hydrogen) atoms. The van der Waals surface area contributed by atoms with Gasteiger partial charge in [-0.25, -0.2) is 0 Å². The van der Waals surface area contributed by atoms with E-state index < -0.39 is 0 Å². The van der Waals surface area contributed by atoms with Crippen LogP contribution in [-0.2, 0) is 0 Å². The molecule has 0 saturated carbocycles. The van der Waals surface area contributed by atoms with Crippen molar-refractivity contribution in [2.24, 2.45) is 10.7 Å². The summed E-state index contributed by atoms with van der Waals surface area (Å²) in [6, 6.07) is 14.0. The molecule has 1 saturated heterocycles. The number of nitrogens with one attached hydrogen (secondary N) is 2. The van der Waals surface area contributed by atoms with Crippen LogP contribution in [0.25, 0.3) is 12.2 Å². The van der Waals surface area contributed by atoms with Crippen LogP contribution < -0.4 is 21.0 Å². The number of hydrogen-bond donors (Lipinski definition) is 3. The summed E-state index contributed by atoms with van der Waals surface area (Å²) in [4.78, 5) is 23.4. The third-order valence-corrected chi connectivity index (χ3v) is 7.87. The minimum atomic E-state index is -0.384. The smallest absolute Gasteiger partial charge is 0.278 e. The van der Waals surface area contributed by atoms with E-state index >= 15 is 0 Å². The Morgan fingerprint density at radius 2 is 1.79 bits per heavy atom. The first-order valence-corrected chi connectivity index (χ1v) is 16.8. The molecule has 7 nitrogen and oxygen atoms in total. The van der Waals surface area contributed by atoms with Crippen LogP contribution in [0.15, 0.2) is 59.9 Å². The highest BCUT2D eigenvalue weighted by molar-refractivity contribution is 14.2. The predicted molar refractivity (Wildman–Crippen MR) is 171 cm³/mol. The molecule has 0 aliphatic carbocycles. The summed E-state index contributed by atoms with van der Waals surface area (Å²) < 4.78 is 0. The van der Waals surface area contributed by atoms with Crippen LogP contribution in [0.1, 0.15) is 40.9 Å². The molecule has 0 spiro atoms. The molecule has 1 amide bonds. The van der Waals surface area contributed by atoms with Crippen molar-refractivity contribution < 1.29 is 4.79 Å². The maximum Gasteiger partial charge on any atom is 0.278 e. The van der Waals surface area contributed by atoms with Gasteiger partial charge >= 0.3 is 0 Å². The molecule has 198 valence electrons. The first-order chi connectivity index (χ1) is 18.2. The number of aliphatic imine (C=N–C) groups is 1. The second-order valence-corrected chi connectivity index (χ2v) is 12.0. The van der Waals surface area contributed by atoms with Crippen molar-refractivity contribution in [3.05, 3.63) is 87.2 Å². The van der Waals surface area contributed by atoms with Gasteiger partial charge in [-0.15, -0.1) is 0 Å². The maximum absolute atomic E-state index is 12.9. The minimum absolute atomic E-state index is 0.150. The van der Waals surface area contributed by atoms with Gasteiger partial charge in [0.25, 0.3) is 5.91 Å². The fourth-order valence-corrected chi connectivity index (χ4v) is 6.06. The Morgan fingerprint density at radius 1 is 1.13 bits per heavy atom. The van der Waals surface area contributed by atoms with Gasteiger partial charge in [-0.05, 0) is 77.9 Å². The van der Waals surface area contributed by atoms with Gasteiger partial charge in [0.1, 0.15) is 5.84 Å². The molecule has 3 aromatic rings. The van der Waals surface area contributed by atoms with E-state index in [4.69, 9.17) is 28.9 Å². The zero-order valence-corrected chi connectivity index (χ0v) is 25.6. The van der Waals surface area contributed by atoms with Gasteiger partial charge in [0.05, 0.1) is 10.0 Å². The molecule has 1 aliphatic heterocycles. The van der Waals surface area contributed by atoms with Crippen molar-refractivity contribution in [1.82, 2.24) is 10.3 Å². The minimum Gasteiger partial charge on any atom is -0.383 e. The standard InChI is InChI=1S/C27H28Cl2IN6OP/c1-16-14-36(15-17(2)33-16)20-7-5-19(6-8-20)27(37)34-26(31)22-10-4-18(11-25(22)35-38-30)3-9-21-23(28)12-32-13-24(21)29/h3-13,16-17,33,35,38H,14-15H2,1-2H3,(H2,31,34,37)/b9-3+. The number of halogens is 3.